The van der Waals surface area contributed by atoms with Crippen LogP contribution < -0.4 is 5.32 Å². The molecule has 4 nitrogen and oxygen atoms in total. The lowest BCUT2D eigenvalue weighted by Crippen LogP contribution is -2.60. The first kappa shape index (κ1) is 19.0. The Hall–Kier alpha value is -1.52. The second-order valence-corrected chi connectivity index (χ2v) is 11.9. The van der Waals surface area contributed by atoms with Crippen molar-refractivity contribution < 1.29 is 4.79 Å². The van der Waals surface area contributed by atoms with Gasteiger partial charge < -0.3 is 5.32 Å². The number of nitrogens with one attached hydrogen (secondary N) is 1. The van der Waals surface area contributed by atoms with Crippen molar-refractivity contribution in [3.63, 3.8) is 0 Å². The van der Waals surface area contributed by atoms with Gasteiger partial charge in [0.1, 0.15) is 0 Å². The van der Waals surface area contributed by atoms with Crippen molar-refractivity contribution in [3.8, 4) is 5.69 Å². The lowest BCUT2D eigenvalue weighted by atomic mass is 9.53. The molecule has 31 heavy (non-hydrogen) atoms. The van der Waals surface area contributed by atoms with Gasteiger partial charge in [-0.15, -0.1) is 0 Å². The number of aromatic nitrogens is 2. The molecule has 0 radical (unpaired) electrons. The molecule has 1 heterocycles. The molecule has 5 fully saturated rings. The summed E-state index contributed by atoms with van der Waals surface area (Å²) in [4.78, 5) is 13.7. The topological polar surface area (TPSA) is 46.9 Å². The third-order valence-corrected chi connectivity index (χ3v) is 9.49. The van der Waals surface area contributed by atoms with Crippen LogP contribution in [0.25, 0.3) is 5.69 Å². The van der Waals surface area contributed by atoms with Crippen LogP contribution in [-0.2, 0) is 0 Å². The summed E-state index contributed by atoms with van der Waals surface area (Å²) in [5, 5.41) is 9.65. The predicted molar refractivity (Wildman–Crippen MR) is 121 cm³/mol. The first-order valence-electron chi connectivity index (χ1n) is 11.9. The second-order valence-electron chi connectivity index (χ2n) is 11.0. The van der Waals surface area contributed by atoms with Gasteiger partial charge in [0.25, 0.3) is 5.91 Å². The normalized spacial score (nSPS) is 36.8. The van der Waals surface area contributed by atoms with E-state index in [9.17, 15) is 4.79 Å². The highest BCUT2D eigenvalue weighted by molar-refractivity contribution is 6.35. The summed E-state index contributed by atoms with van der Waals surface area (Å²) >= 11 is 12.7. The molecule has 1 aromatic carbocycles. The van der Waals surface area contributed by atoms with E-state index in [4.69, 9.17) is 28.3 Å². The first-order chi connectivity index (χ1) is 15.0. The molecule has 5 saturated carbocycles. The van der Waals surface area contributed by atoms with E-state index in [1.165, 1.54) is 36.9 Å². The molecule has 162 valence electrons. The zero-order valence-corrected chi connectivity index (χ0v) is 19.1. The van der Waals surface area contributed by atoms with Crippen LogP contribution in [0.3, 0.4) is 0 Å². The summed E-state index contributed by atoms with van der Waals surface area (Å²) in [5.41, 5.74) is 3.85. The number of halogens is 2. The van der Waals surface area contributed by atoms with E-state index in [1.54, 1.807) is 6.07 Å². The molecule has 1 aromatic heterocycles. The summed E-state index contributed by atoms with van der Waals surface area (Å²) in [5.74, 6) is 3.38. The van der Waals surface area contributed by atoms with Gasteiger partial charge in [0.15, 0.2) is 5.69 Å². The molecule has 6 aliphatic rings. The molecule has 6 bridgehead atoms. The quantitative estimate of drug-likeness (QED) is 0.594. The number of carbonyl (C=O) groups is 1. The number of carbonyl (C=O) groups excluding carboxylic acids is 1. The van der Waals surface area contributed by atoms with Gasteiger partial charge in [-0.2, -0.15) is 5.10 Å². The Morgan fingerprint density at radius 3 is 2.35 bits per heavy atom. The van der Waals surface area contributed by atoms with Crippen LogP contribution in [-0.4, -0.2) is 21.2 Å². The van der Waals surface area contributed by atoms with Crippen molar-refractivity contribution in [2.24, 2.45) is 17.8 Å². The van der Waals surface area contributed by atoms with E-state index >= 15 is 0 Å². The van der Waals surface area contributed by atoms with Gasteiger partial charge in [-0.25, -0.2) is 4.68 Å². The zero-order chi connectivity index (χ0) is 20.9. The van der Waals surface area contributed by atoms with Crippen LogP contribution in [0.15, 0.2) is 18.2 Å². The molecular formula is C25H27Cl2N3O. The van der Waals surface area contributed by atoms with Crippen molar-refractivity contribution in [2.45, 2.75) is 75.2 Å². The maximum atomic E-state index is 13.7. The van der Waals surface area contributed by atoms with Crippen LogP contribution in [0.2, 0.25) is 10.0 Å². The molecule has 2 atom stereocenters. The molecule has 6 heteroatoms. The summed E-state index contributed by atoms with van der Waals surface area (Å²) in [6.45, 7) is 0. The van der Waals surface area contributed by atoms with Gasteiger partial charge in [0.2, 0.25) is 0 Å². The van der Waals surface area contributed by atoms with Gasteiger partial charge >= 0.3 is 0 Å². The molecule has 1 amide bonds. The minimum atomic E-state index is -0.00195. The van der Waals surface area contributed by atoms with Gasteiger partial charge in [-0.3, -0.25) is 4.79 Å². The highest BCUT2D eigenvalue weighted by Gasteiger charge is 2.52. The fraction of sp³-hybridized carbons (Fsp3) is 0.600. The minimum Gasteiger partial charge on any atom is -0.345 e. The number of nitrogens with zero attached hydrogens (tertiary/aromatic N) is 2. The van der Waals surface area contributed by atoms with E-state index in [0.717, 1.165) is 55.5 Å². The fourth-order valence-corrected chi connectivity index (χ4v) is 8.79. The molecular weight excluding hydrogens is 429 g/mol. The molecule has 8 rings (SSSR count). The lowest BCUT2D eigenvalue weighted by molar-refractivity contribution is -0.0168. The Kier molecular flexibility index (Phi) is 3.99. The van der Waals surface area contributed by atoms with Gasteiger partial charge in [0, 0.05) is 22.0 Å². The van der Waals surface area contributed by atoms with Gasteiger partial charge in [0.05, 0.1) is 16.4 Å². The number of fused-ring (bicyclic) bond motifs is 5. The molecule has 1 N–H and O–H groups in total. The molecule has 0 saturated heterocycles. The van der Waals surface area contributed by atoms with Crippen molar-refractivity contribution >= 4 is 29.1 Å². The van der Waals surface area contributed by atoms with Crippen molar-refractivity contribution in [1.82, 2.24) is 15.1 Å². The van der Waals surface area contributed by atoms with Crippen LogP contribution in [0.1, 0.15) is 91.4 Å². The minimum absolute atomic E-state index is 0.00195. The van der Waals surface area contributed by atoms with Crippen LogP contribution >= 0.6 is 23.2 Å². The third kappa shape index (κ3) is 2.80. The Morgan fingerprint density at radius 1 is 1.00 bits per heavy atom. The number of rotatable bonds is 3. The smallest absolute Gasteiger partial charge is 0.272 e. The summed E-state index contributed by atoms with van der Waals surface area (Å²) < 4.78 is 1.95. The average Bonchev–Trinajstić information content (AvgIpc) is 3.39. The number of benzene rings is 1. The SMILES string of the molecule is O=C(NC12CC3CC(CC(C3)C1)C2)c1nn(-c2ccc(Cl)cc2Cl)c2c1C1CCC2C1. The van der Waals surface area contributed by atoms with E-state index in [2.05, 4.69) is 5.32 Å². The van der Waals surface area contributed by atoms with E-state index in [1.807, 2.05) is 16.8 Å². The summed E-state index contributed by atoms with van der Waals surface area (Å²) in [7, 11) is 0. The predicted octanol–water partition coefficient (Wildman–Crippen LogP) is 6.24. The van der Waals surface area contributed by atoms with E-state index < -0.39 is 0 Å². The van der Waals surface area contributed by atoms with Crippen LogP contribution in [0.5, 0.6) is 0 Å². The van der Waals surface area contributed by atoms with Crippen molar-refractivity contribution in [1.29, 1.82) is 0 Å². The first-order valence-corrected chi connectivity index (χ1v) is 12.6. The highest BCUT2D eigenvalue weighted by Crippen LogP contribution is 2.57. The molecule has 2 aromatic rings. The fourth-order valence-electron chi connectivity index (χ4n) is 8.30. The Bertz CT molecular complexity index is 1070. The van der Waals surface area contributed by atoms with Crippen molar-refractivity contribution in [2.75, 3.05) is 0 Å². The highest BCUT2D eigenvalue weighted by atomic mass is 35.5. The van der Waals surface area contributed by atoms with Gasteiger partial charge in [-0.1, -0.05) is 23.2 Å². The monoisotopic (exact) mass is 455 g/mol. The average molecular weight is 456 g/mol. The Balaban J connectivity index is 1.28. The molecule has 0 spiro atoms. The standard InChI is InChI=1S/C25H27Cl2N3O/c26-18-3-4-20(19(27)9-18)30-23-17-2-1-16(8-17)21(23)22(29-30)24(31)28-25-10-13-5-14(11-25)7-15(6-13)12-25/h3-4,9,13-17H,1-2,5-8,10-12H2,(H,28,31). The molecule has 6 aliphatic carbocycles. The number of hydrogen-bond acceptors (Lipinski definition) is 2. The molecule has 0 aliphatic heterocycles. The van der Waals surface area contributed by atoms with Crippen LogP contribution in [0, 0.1) is 17.8 Å². The third-order valence-electron chi connectivity index (χ3n) is 8.96. The summed E-state index contributed by atoms with van der Waals surface area (Å²) in [6.07, 6.45) is 11.1. The van der Waals surface area contributed by atoms with Gasteiger partial charge in [-0.05, 0) is 99.7 Å². The van der Waals surface area contributed by atoms with E-state index in [0.29, 0.717) is 27.6 Å². The van der Waals surface area contributed by atoms with Crippen LogP contribution in [0.4, 0.5) is 0 Å². The lowest BCUT2D eigenvalue weighted by Gasteiger charge is -2.56. The maximum Gasteiger partial charge on any atom is 0.272 e. The second kappa shape index (κ2) is 6.51. The summed E-state index contributed by atoms with van der Waals surface area (Å²) in [6, 6.07) is 5.53. The Morgan fingerprint density at radius 2 is 1.68 bits per heavy atom. The van der Waals surface area contributed by atoms with Crippen molar-refractivity contribution in [3.05, 3.63) is 45.2 Å². The zero-order valence-electron chi connectivity index (χ0n) is 17.5. The number of hydrogen-bond donors (Lipinski definition) is 1. The molecule has 2 unspecified atom stereocenters. The largest absolute Gasteiger partial charge is 0.345 e. The maximum absolute atomic E-state index is 13.7. The Labute approximate surface area is 192 Å². The van der Waals surface area contributed by atoms with E-state index in [-0.39, 0.29) is 11.4 Å². The number of amides is 1.